The summed E-state index contributed by atoms with van der Waals surface area (Å²) in [6.45, 7) is 1.36. The van der Waals surface area contributed by atoms with E-state index < -0.39 is 0 Å². The summed E-state index contributed by atoms with van der Waals surface area (Å²) in [5.74, 6) is 0.777. The smallest absolute Gasteiger partial charge is 0.227 e. The van der Waals surface area contributed by atoms with Gasteiger partial charge >= 0.3 is 0 Å². The lowest BCUT2D eigenvalue weighted by atomic mass is 10.1. The van der Waals surface area contributed by atoms with Crippen LogP contribution >= 0.6 is 0 Å². The predicted octanol–water partition coefficient (Wildman–Crippen LogP) is 2.80. The number of hydrogen-bond donors (Lipinski definition) is 0. The molecule has 1 atom stereocenters. The van der Waals surface area contributed by atoms with E-state index in [1.54, 1.807) is 6.20 Å². The Kier molecular flexibility index (Phi) is 4.14. The molecule has 128 valence electrons. The molecule has 1 unspecified atom stereocenters. The fourth-order valence-corrected chi connectivity index (χ4v) is 3.48. The van der Waals surface area contributed by atoms with Gasteiger partial charge in [0, 0.05) is 49.4 Å². The third kappa shape index (κ3) is 3.22. The molecule has 4 rings (SSSR count). The van der Waals surface area contributed by atoms with Gasteiger partial charge in [-0.25, -0.2) is 4.98 Å². The number of benzene rings is 1. The van der Waals surface area contributed by atoms with Gasteiger partial charge in [-0.2, -0.15) is 0 Å². The fraction of sp³-hybridized carbons (Fsp3) is 0.300. The molecule has 2 aromatic heterocycles. The predicted molar refractivity (Wildman–Crippen MR) is 96.5 cm³/mol. The first-order valence-electron chi connectivity index (χ1n) is 8.59. The zero-order valence-corrected chi connectivity index (χ0v) is 14.3. The number of carbonyl (C=O) groups is 1. The monoisotopic (exact) mass is 335 g/mol. The number of likely N-dealkylation sites (tertiary alicyclic amines) is 1. The summed E-state index contributed by atoms with van der Waals surface area (Å²) in [6, 6.07) is 13.8. The Morgan fingerprint density at radius 3 is 2.92 bits per heavy atom. The van der Waals surface area contributed by atoms with Gasteiger partial charge in [-0.1, -0.05) is 24.3 Å². The number of nitrogens with zero attached hydrogens (tertiary/aromatic N) is 3. The maximum absolute atomic E-state index is 12.7. The van der Waals surface area contributed by atoms with Crippen molar-refractivity contribution in [1.82, 2.24) is 14.5 Å². The lowest BCUT2D eigenvalue weighted by Crippen LogP contribution is -2.32. The molecule has 1 aromatic carbocycles. The molecule has 0 aliphatic carbocycles. The summed E-state index contributed by atoms with van der Waals surface area (Å²) >= 11 is 0. The van der Waals surface area contributed by atoms with Crippen LogP contribution in [0, 0.1) is 0 Å². The second-order valence-electron chi connectivity index (χ2n) is 6.50. The maximum Gasteiger partial charge on any atom is 0.227 e. The molecule has 5 nitrogen and oxygen atoms in total. The number of para-hydroxylation sites is 1. The number of aryl methyl sites for hydroxylation is 1. The normalized spacial score (nSPS) is 17.2. The van der Waals surface area contributed by atoms with Crippen LogP contribution in [0.3, 0.4) is 0 Å². The van der Waals surface area contributed by atoms with Crippen molar-refractivity contribution >= 4 is 16.8 Å². The van der Waals surface area contributed by atoms with Crippen LogP contribution in [0.25, 0.3) is 10.9 Å². The summed E-state index contributed by atoms with van der Waals surface area (Å²) in [6.07, 6.45) is 5.07. The zero-order valence-electron chi connectivity index (χ0n) is 14.3. The molecule has 0 N–H and O–H groups in total. The Bertz CT molecular complexity index is 888. The van der Waals surface area contributed by atoms with Crippen molar-refractivity contribution in [3.63, 3.8) is 0 Å². The number of pyridine rings is 1. The first-order valence-corrected chi connectivity index (χ1v) is 8.59. The SMILES string of the molecule is Cn1cc(CC(=O)N2CCC(Oc3ccccn3)C2)c2ccccc21. The van der Waals surface area contributed by atoms with Crippen molar-refractivity contribution in [2.45, 2.75) is 18.9 Å². The van der Waals surface area contributed by atoms with Gasteiger partial charge in [0.15, 0.2) is 0 Å². The Labute approximate surface area is 146 Å². The highest BCUT2D eigenvalue weighted by Crippen LogP contribution is 2.22. The summed E-state index contributed by atoms with van der Waals surface area (Å²) in [4.78, 5) is 18.8. The van der Waals surface area contributed by atoms with Crippen molar-refractivity contribution in [2.24, 2.45) is 7.05 Å². The Hall–Kier alpha value is -2.82. The fourth-order valence-electron chi connectivity index (χ4n) is 3.48. The first-order chi connectivity index (χ1) is 12.2. The number of rotatable bonds is 4. The molecule has 1 aliphatic heterocycles. The van der Waals surface area contributed by atoms with Crippen LogP contribution in [0.2, 0.25) is 0 Å². The minimum atomic E-state index is 0.0198. The van der Waals surface area contributed by atoms with Crippen LogP contribution in [0.1, 0.15) is 12.0 Å². The Balaban J connectivity index is 1.42. The molecule has 0 bridgehead atoms. The molecule has 25 heavy (non-hydrogen) atoms. The maximum atomic E-state index is 12.7. The van der Waals surface area contributed by atoms with Crippen molar-refractivity contribution in [2.75, 3.05) is 13.1 Å². The molecule has 0 spiro atoms. The van der Waals surface area contributed by atoms with Crippen LogP contribution in [0.4, 0.5) is 0 Å². The van der Waals surface area contributed by atoms with Crippen molar-refractivity contribution in [1.29, 1.82) is 0 Å². The van der Waals surface area contributed by atoms with E-state index in [9.17, 15) is 4.79 Å². The summed E-state index contributed by atoms with van der Waals surface area (Å²) < 4.78 is 7.95. The highest BCUT2D eigenvalue weighted by atomic mass is 16.5. The molecular weight excluding hydrogens is 314 g/mol. The van der Waals surface area contributed by atoms with E-state index in [0.29, 0.717) is 18.8 Å². The van der Waals surface area contributed by atoms with Crippen LogP contribution in [0.5, 0.6) is 5.88 Å². The van der Waals surface area contributed by atoms with Gasteiger partial charge in [0.25, 0.3) is 0 Å². The number of aromatic nitrogens is 2. The number of ether oxygens (including phenoxy) is 1. The Morgan fingerprint density at radius 2 is 2.08 bits per heavy atom. The van der Waals surface area contributed by atoms with Crippen molar-refractivity contribution in [3.8, 4) is 5.88 Å². The topological polar surface area (TPSA) is 47.4 Å². The quantitative estimate of drug-likeness (QED) is 0.736. The van der Waals surface area contributed by atoms with Gasteiger partial charge in [-0.05, 0) is 17.7 Å². The number of amides is 1. The molecule has 1 aliphatic rings. The van der Waals surface area contributed by atoms with Gasteiger partial charge in [0.05, 0.1) is 13.0 Å². The van der Waals surface area contributed by atoms with Gasteiger partial charge in [-0.15, -0.1) is 0 Å². The number of fused-ring (bicyclic) bond motifs is 1. The number of carbonyl (C=O) groups excluding carboxylic acids is 1. The van der Waals surface area contributed by atoms with Gasteiger partial charge in [-0.3, -0.25) is 4.79 Å². The average Bonchev–Trinajstić information content (AvgIpc) is 3.22. The summed E-state index contributed by atoms with van der Waals surface area (Å²) in [5.41, 5.74) is 2.24. The molecule has 1 fully saturated rings. The molecule has 5 heteroatoms. The van der Waals surface area contributed by atoms with Crippen LogP contribution < -0.4 is 4.74 Å². The van der Waals surface area contributed by atoms with E-state index in [1.807, 2.05) is 42.3 Å². The molecular formula is C20H21N3O2. The molecule has 0 radical (unpaired) electrons. The van der Waals surface area contributed by atoms with Gasteiger partial charge < -0.3 is 14.2 Å². The first kappa shape index (κ1) is 15.7. The second-order valence-corrected chi connectivity index (χ2v) is 6.50. The van der Waals surface area contributed by atoms with E-state index in [0.717, 1.165) is 29.4 Å². The molecule has 0 saturated carbocycles. The minimum Gasteiger partial charge on any atom is -0.472 e. The molecule has 3 aromatic rings. The molecule has 3 heterocycles. The largest absolute Gasteiger partial charge is 0.472 e. The van der Waals surface area contributed by atoms with E-state index >= 15 is 0 Å². The third-order valence-electron chi connectivity index (χ3n) is 4.74. The van der Waals surface area contributed by atoms with Gasteiger partial charge in [0.2, 0.25) is 11.8 Å². The lowest BCUT2D eigenvalue weighted by molar-refractivity contribution is -0.129. The van der Waals surface area contributed by atoms with E-state index in [2.05, 4.69) is 27.9 Å². The van der Waals surface area contributed by atoms with Crippen molar-refractivity contribution < 1.29 is 9.53 Å². The third-order valence-corrected chi connectivity index (χ3v) is 4.74. The highest BCUT2D eigenvalue weighted by Gasteiger charge is 2.28. The average molecular weight is 335 g/mol. The standard InChI is InChI=1S/C20H21N3O2/c1-22-13-15(17-6-2-3-7-18(17)22)12-20(24)23-11-9-16(14-23)25-19-8-4-5-10-21-19/h2-8,10,13,16H,9,11-12,14H2,1H3. The molecule has 1 saturated heterocycles. The minimum absolute atomic E-state index is 0.0198. The summed E-state index contributed by atoms with van der Waals surface area (Å²) in [7, 11) is 2.02. The second kappa shape index (κ2) is 6.59. The molecule has 1 amide bonds. The van der Waals surface area contributed by atoms with Gasteiger partial charge in [0.1, 0.15) is 6.10 Å². The van der Waals surface area contributed by atoms with E-state index in [1.165, 1.54) is 0 Å². The van der Waals surface area contributed by atoms with Crippen LogP contribution in [-0.2, 0) is 18.3 Å². The Morgan fingerprint density at radius 1 is 1.24 bits per heavy atom. The van der Waals surface area contributed by atoms with E-state index in [4.69, 9.17) is 4.74 Å². The lowest BCUT2D eigenvalue weighted by Gasteiger charge is -2.17. The highest BCUT2D eigenvalue weighted by molar-refractivity contribution is 5.89. The van der Waals surface area contributed by atoms with Crippen LogP contribution in [0.15, 0.2) is 54.9 Å². The van der Waals surface area contributed by atoms with Crippen LogP contribution in [-0.4, -0.2) is 39.6 Å². The number of hydrogen-bond acceptors (Lipinski definition) is 3. The van der Waals surface area contributed by atoms with Crippen molar-refractivity contribution in [3.05, 3.63) is 60.4 Å². The zero-order chi connectivity index (χ0) is 17.2. The van der Waals surface area contributed by atoms with E-state index in [-0.39, 0.29) is 12.0 Å². The summed E-state index contributed by atoms with van der Waals surface area (Å²) in [5, 5.41) is 1.15.